The second-order valence-electron chi connectivity index (χ2n) is 5.14. The van der Waals surface area contributed by atoms with Crippen molar-refractivity contribution < 1.29 is 9.59 Å². The lowest BCUT2D eigenvalue weighted by Crippen LogP contribution is -2.39. The van der Waals surface area contributed by atoms with Crippen LogP contribution in [0.15, 0.2) is 17.5 Å². The number of carbonyl (C=O) groups is 2. The fourth-order valence-electron chi connectivity index (χ4n) is 1.77. The van der Waals surface area contributed by atoms with Crippen LogP contribution in [0.3, 0.4) is 0 Å². The van der Waals surface area contributed by atoms with Crippen molar-refractivity contribution in [2.24, 2.45) is 5.92 Å². The Kier molecular flexibility index (Phi) is 6.02. The van der Waals surface area contributed by atoms with Gasteiger partial charge in [0, 0.05) is 18.8 Å². The Hall–Kier alpha value is -1.36. The Labute approximate surface area is 118 Å². The number of nitrogens with one attached hydrogen (secondary N) is 1. The monoisotopic (exact) mass is 282 g/mol. The zero-order valence-electron chi connectivity index (χ0n) is 12.0. The quantitative estimate of drug-likeness (QED) is 0.871. The van der Waals surface area contributed by atoms with Gasteiger partial charge in [0.15, 0.2) is 0 Å². The van der Waals surface area contributed by atoms with E-state index in [2.05, 4.69) is 19.2 Å². The molecule has 106 valence electrons. The van der Waals surface area contributed by atoms with Crippen LogP contribution in [0.4, 0.5) is 0 Å². The van der Waals surface area contributed by atoms with Crippen LogP contribution >= 0.6 is 11.3 Å². The number of nitrogens with zero attached hydrogens (tertiary/aromatic N) is 1. The van der Waals surface area contributed by atoms with Gasteiger partial charge in [-0.15, -0.1) is 11.3 Å². The minimum atomic E-state index is -0.114. The average Bonchev–Trinajstić information content (AvgIpc) is 2.80. The molecule has 19 heavy (non-hydrogen) atoms. The number of thiophene rings is 1. The summed E-state index contributed by atoms with van der Waals surface area (Å²) in [7, 11) is 1.63. The van der Waals surface area contributed by atoms with Gasteiger partial charge in [-0.05, 0) is 23.8 Å². The van der Waals surface area contributed by atoms with Gasteiger partial charge in [-0.1, -0.05) is 19.9 Å². The zero-order valence-corrected chi connectivity index (χ0v) is 12.8. The van der Waals surface area contributed by atoms with E-state index in [4.69, 9.17) is 0 Å². The van der Waals surface area contributed by atoms with Crippen molar-refractivity contribution >= 4 is 23.2 Å². The van der Waals surface area contributed by atoms with E-state index < -0.39 is 0 Å². The van der Waals surface area contributed by atoms with Gasteiger partial charge in [0.05, 0.1) is 12.6 Å². The van der Waals surface area contributed by atoms with Crippen LogP contribution in [-0.2, 0) is 9.59 Å². The molecule has 1 atom stereocenters. The zero-order chi connectivity index (χ0) is 14.4. The van der Waals surface area contributed by atoms with E-state index in [-0.39, 0.29) is 24.4 Å². The van der Waals surface area contributed by atoms with Gasteiger partial charge in [0.2, 0.25) is 11.8 Å². The molecule has 4 nitrogen and oxygen atoms in total. The summed E-state index contributed by atoms with van der Waals surface area (Å²) in [6, 6.07) is 4.06. The smallest absolute Gasteiger partial charge is 0.240 e. The van der Waals surface area contributed by atoms with Crippen molar-refractivity contribution in [3.63, 3.8) is 0 Å². The Balaban J connectivity index is 2.62. The lowest BCUT2D eigenvalue weighted by molar-refractivity contribution is -0.133. The highest BCUT2D eigenvalue weighted by Crippen LogP contribution is 2.25. The third-order valence-corrected chi connectivity index (χ3v) is 3.83. The lowest BCUT2D eigenvalue weighted by Gasteiger charge is -2.21. The fraction of sp³-hybridized carbons (Fsp3) is 0.571. The highest BCUT2D eigenvalue weighted by atomic mass is 32.1. The highest BCUT2D eigenvalue weighted by molar-refractivity contribution is 7.10. The van der Waals surface area contributed by atoms with Crippen LogP contribution in [0.2, 0.25) is 0 Å². The maximum Gasteiger partial charge on any atom is 0.240 e. The first-order valence-electron chi connectivity index (χ1n) is 6.44. The van der Waals surface area contributed by atoms with Gasteiger partial charge in [0.25, 0.3) is 0 Å². The van der Waals surface area contributed by atoms with Gasteiger partial charge in [-0.2, -0.15) is 0 Å². The molecule has 0 bridgehead atoms. The van der Waals surface area contributed by atoms with Crippen molar-refractivity contribution in [3.8, 4) is 0 Å². The molecule has 0 unspecified atom stereocenters. The van der Waals surface area contributed by atoms with E-state index >= 15 is 0 Å². The largest absolute Gasteiger partial charge is 0.347 e. The van der Waals surface area contributed by atoms with E-state index in [0.717, 1.165) is 11.3 Å². The molecule has 1 N–H and O–H groups in total. The Morgan fingerprint density at radius 2 is 2.11 bits per heavy atom. The van der Waals surface area contributed by atoms with E-state index in [1.54, 1.807) is 18.4 Å². The number of hydrogen-bond acceptors (Lipinski definition) is 3. The molecule has 0 aliphatic rings. The second kappa shape index (κ2) is 7.28. The summed E-state index contributed by atoms with van der Waals surface area (Å²) in [6.45, 7) is 5.83. The van der Waals surface area contributed by atoms with Crippen LogP contribution in [0.1, 0.15) is 38.1 Å². The van der Waals surface area contributed by atoms with Crippen molar-refractivity contribution in [1.82, 2.24) is 10.2 Å². The van der Waals surface area contributed by atoms with E-state index in [1.165, 1.54) is 11.8 Å². The summed E-state index contributed by atoms with van der Waals surface area (Å²) in [5.74, 6) is 0.279. The van der Waals surface area contributed by atoms with Gasteiger partial charge in [-0.25, -0.2) is 0 Å². The minimum absolute atomic E-state index is 0.0351. The van der Waals surface area contributed by atoms with Gasteiger partial charge in [-0.3, -0.25) is 9.59 Å². The van der Waals surface area contributed by atoms with Gasteiger partial charge < -0.3 is 10.2 Å². The maximum absolute atomic E-state index is 11.9. The predicted octanol–water partition coefficient (Wildman–Crippen LogP) is 2.43. The summed E-state index contributed by atoms with van der Waals surface area (Å²) in [4.78, 5) is 25.6. The third-order valence-electron chi connectivity index (χ3n) is 2.85. The summed E-state index contributed by atoms with van der Waals surface area (Å²) in [5, 5.41) is 5.02. The molecule has 0 aliphatic carbocycles. The molecular formula is C14H22N2O2S. The van der Waals surface area contributed by atoms with Crippen molar-refractivity contribution in [1.29, 1.82) is 0 Å². The molecule has 1 aromatic heterocycles. The lowest BCUT2D eigenvalue weighted by atomic mass is 10.0. The SMILES string of the molecule is CC(=O)N(C)CC(=O)N[C@H](CC(C)C)c1cccs1. The van der Waals surface area contributed by atoms with Crippen LogP contribution in [-0.4, -0.2) is 30.3 Å². The second-order valence-corrected chi connectivity index (χ2v) is 6.12. The highest BCUT2D eigenvalue weighted by Gasteiger charge is 2.18. The molecule has 1 aromatic rings. The molecule has 0 spiro atoms. The van der Waals surface area contributed by atoms with Crippen molar-refractivity contribution in [3.05, 3.63) is 22.4 Å². The molecule has 0 fully saturated rings. The summed E-state index contributed by atoms with van der Waals surface area (Å²) in [5.41, 5.74) is 0. The molecule has 1 heterocycles. The van der Waals surface area contributed by atoms with Crippen LogP contribution in [0.25, 0.3) is 0 Å². The molecule has 0 saturated heterocycles. The van der Waals surface area contributed by atoms with Crippen LogP contribution in [0, 0.1) is 5.92 Å². The third kappa shape index (κ3) is 5.42. The first-order chi connectivity index (χ1) is 8.90. The number of hydrogen-bond donors (Lipinski definition) is 1. The van der Waals surface area contributed by atoms with Crippen LogP contribution in [0.5, 0.6) is 0 Å². The summed E-state index contributed by atoms with van der Waals surface area (Å²) < 4.78 is 0. The fourth-order valence-corrected chi connectivity index (χ4v) is 2.56. The first kappa shape index (κ1) is 15.7. The number of carbonyl (C=O) groups excluding carboxylic acids is 2. The number of amides is 2. The Bertz CT molecular complexity index is 415. The molecule has 5 heteroatoms. The predicted molar refractivity (Wildman–Crippen MR) is 78.0 cm³/mol. The topological polar surface area (TPSA) is 49.4 Å². The van der Waals surface area contributed by atoms with Crippen LogP contribution < -0.4 is 5.32 Å². The molecular weight excluding hydrogens is 260 g/mol. The van der Waals surface area contributed by atoms with Crippen molar-refractivity contribution in [2.75, 3.05) is 13.6 Å². The number of rotatable bonds is 6. The Morgan fingerprint density at radius 3 is 2.58 bits per heavy atom. The Morgan fingerprint density at radius 1 is 1.42 bits per heavy atom. The summed E-state index contributed by atoms with van der Waals surface area (Å²) in [6.07, 6.45) is 0.899. The molecule has 0 aromatic carbocycles. The first-order valence-corrected chi connectivity index (χ1v) is 7.32. The average molecular weight is 282 g/mol. The number of likely N-dealkylation sites (N-methyl/N-ethyl adjacent to an activating group) is 1. The van der Waals surface area contributed by atoms with Gasteiger partial charge >= 0.3 is 0 Å². The minimum Gasteiger partial charge on any atom is -0.347 e. The van der Waals surface area contributed by atoms with E-state index in [9.17, 15) is 9.59 Å². The van der Waals surface area contributed by atoms with E-state index in [1.807, 2.05) is 17.5 Å². The van der Waals surface area contributed by atoms with E-state index in [0.29, 0.717) is 5.92 Å². The van der Waals surface area contributed by atoms with Gasteiger partial charge in [0.1, 0.15) is 0 Å². The molecule has 0 radical (unpaired) electrons. The molecule has 1 rings (SSSR count). The molecule has 2 amide bonds. The maximum atomic E-state index is 11.9. The standard InChI is InChI=1S/C14H22N2O2S/c1-10(2)8-12(13-6-5-7-19-13)15-14(18)9-16(4)11(3)17/h5-7,10,12H,8-9H2,1-4H3,(H,15,18)/t12-/m1/s1. The molecule has 0 aliphatic heterocycles. The summed E-state index contributed by atoms with van der Waals surface area (Å²) >= 11 is 1.64. The van der Waals surface area contributed by atoms with Crippen molar-refractivity contribution in [2.45, 2.75) is 33.2 Å². The molecule has 0 saturated carbocycles. The normalized spacial score (nSPS) is 12.3.